The highest BCUT2D eigenvalue weighted by Gasteiger charge is 2.27. The molecule has 1 saturated heterocycles. The number of esters is 1. The van der Waals surface area contributed by atoms with Crippen molar-refractivity contribution in [3.05, 3.63) is 51.8 Å². The van der Waals surface area contributed by atoms with E-state index in [1.54, 1.807) is 18.3 Å². The Morgan fingerprint density at radius 1 is 1.29 bits per heavy atom. The first-order valence-electron chi connectivity index (χ1n) is 7.56. The minimum absolute atomic E-state index is 0.0370. The Morgan fingerprint density at radius 2 is 2.04 bits per heavy atom. The maximum atomic E-state index is 13.8. The van der Waals surface area contributed by atoms with Crippen LogP contribution in [0, 0.1) is 11.7 Å². The van der Waals surface area contributed by atoms with Gasteiger partial charge in [-0.25, -0.2) is 9.37 Å². The van der Waals surface area contributed by atoms with Crippen LogP contribution >= 0.6 is 27.5 Å². The average molecular weight is 414 g/mol. The van der Waals surface area contributed by atoms with E-state index in [1.807, 2.05) is 6.07 Å². The molecule has 0 saturated carbocycles. The second-order valence-corrected chi connectivity index (χ2v) is 6.94. The van der Waals surface area contributed by atoms with Crippen molar-refractivity contribution in [3.63, 3.8) is 0 Å². The molecule has 1 aromatic carbocycles. The molecule has 0 aliphatic carbocycles. The quantitative estimate of drug-likeness (QED) is 0.550. The molecule has 2 aromatic rings. The third-order valence-electron chi connectivity index (χ3n) is 3.97. The normalized spacial score (nSPS) is 15.4. The van der Waals surface area contributed by atoms with Crippen LogP contribution in [0.4, 0.5) is 10.2 Å². The maximum absolute atomic E-state index is 13.8. The summed E-state index contributed by atoms with van der Waals surface area (Å²) in [5.41, 5.74) is 0. The zero-order valence-corrected chi connectivity index (χ0v) is 15.1. The lowest BCUT2D eigenvalue weighted by Crippen LogP contribution is -2.38. The van der Waals surface area contributed by atoms with Crippen LogP contribution in [-0.4, -0.2) is 24.0 Å². The van der Waals surface area contributed by atoms with Gasteiger partial charge in [0.15, 0.2) is 11.6 Å². The monoisotopic (exact) mass is 412 g/mol. The fourth-order valence-corrected chi connectivity index (χ4v) is 3.09. The molecule has 126 valence electrons. The van der Waals surface area contributed by atoms with E-state index in [9.17, 15) is 9.18 Å². The van der Waals surface area contributed by atoms with Gasteiger partial charge in [0.25, 0.3) is 0 Å². The SMILES string of the molecule is O=C(Oc1ccc(Br)cc1F)C1CCN(c2ccc(Cl)cn2)CC1. The van der Waals surface area contributed by atoms with Crippen LogP contribution in [0.3, 0.4) is 0 Å². The van der Waals surface area contributed by atoms with Gasteiger partial charge >= 0.3 is 5.97 Å². The molecule has 0 radical (unpaired) electrons. The van der Waals surface area contributed by atoms with Gasteiger partial charge in [0.05, 0.1) is 10.9 Å². The summed E-state index contributed by atoms with van der Waals surface area (Å²) in [7, 11) is 0. The Balaban J connectivity index is 1.58. The maximum Gasteiger partial charge on any atom is 0.314 e. The number of pyridine rings is 1. The van der Waals surface area contributed by atoms with Crippen molar-refractivity contribution in [3.8, 4) is 5.75 Å². The van der Waals surface area contributed by atoms with Crippen molar-refractivity contribution in [2.75, 3.05) is 18.0 Å². The minimum Gasteiger partial charge on any atom is -0.423 e. The van der Waals surface area contributed by atoms with Gasteiger partial charge in [-0.1, -0.05) is 27.5 Å². The van der Waals surface area contributed by atoms with Crippen molar-refractivity contribution in [1.82, 2.24) is 4.98 Å². The predicted molar refractivity (Wildman–Crippen MR) is 93.9 cm³/mol. The van der Waals surface area contributed by atoms with E-state index in [-0.39, 0.29) is 17.6 Å². The summed E-state index contributed by atoms with van der Waals surface area (Å²) in [6.45, 7) is 1.38. The number of rotatable bonds is 3. The van der Waals surface area contributed by atoms with Gasteiger partial charge < -0.3 is 9.64 Å². The van der Waals surface area contributed by atoms with Gasteiger partial charge in [-0.3, -0.25) is 4.79 Å². The summed E-state index contributed by atoms with van der Waals surface area (Å²) in [6, 6.07) is 8.01. The molecule has 4 nitrogen and oxygen atoms in total. The first-order valence-corrected chi connectivity index (χ1v) is 8.73. The summed E-state index contributed by atoms with van der Waals surface area (Å²) >= 11 is 9.01. The van der Waals surface area contributed by atoms with Crippen molar-refractivity contribution < 1.29 is 13.9 Å². The molecule has 1 aliphatic heterocycles. The van der Waals surface area contributed by atoms with E-state index in [0.29, 0.717) is 35.4 Å². The Morgan fingerprint density at radius 3 is 2.67 bits per heavy atom. The first kappa shape index (κ1) is 17.2. The molecule has 1 aliphatic rings. The molecule has 2 heterocycles. The number of aromatic nitrogens is 1. The number of ether oxygens (including phenoxy) is 1. The molecule has 0 atom stereocenters. The largest absolute Gasteiger partial charge is 0.423 e. The summed E-state index contributed by atoms with van der Waals surface area (Å²) in [5.74, 6) is -0.382. The Bertz CT molecular complexity index is 734. The van der Waals surface area contributed by atoms with E-state index in [4.69, 9.17) is 16.3 Å². The van der Waals surface area contributed by atoms with E-state index >= 15 is 0 Å². The Kier molecular flexibility index (Phi) is 5.36. The third kappa shape index (κ3) is 4.05. The van der Waals surface area contributed by atoms with Gasteiger partial charge in [-0.15, -0.1) is 0 Å². The predicted octanol–water partition coefficient (Wildman–Crippen LogP) is 4.46. The van der Waals surface area contributed by atoms with Crippen LogP contribution in [0.1, 0.15) is 12.8 Å². The van der Waals surface area contributed by atoms with Crippen molar-refractivity contribution in [2.24, 2.45) is 5.92 Å². The molecular formula is C17H15BrClFN2O2. The number of hydrogen-bond acceptors (Lipinski definition) is 4. The molecule has 0 unspecified atom stereocenters. The topological polar surface area (TPSA) is 42.4 Å². The highest BCUT2D eigenvalue weighted by Crippen LogP contribution is 2.26. The number of benzene rings is 1. The second kappa shape index (κ2) is 7.49. The highest BCUT2D eigenvalue weighted by atomic mass is 79.9. The number of anilines is 1. The molecule has 0 amide bonds. The summed E-state index contributed by atoms with van der Waals surface area (Å²) in [4.78, 5) is 18.6. The zero-order valence-electron chi connectivity index (χ0n) is 12.7. The molecule has 3 rings (SSSR count). The third-order valence-corrected chi connectivity index (χ3v) is 4.69. The van der Waals surface area contributed by atoms with Crippen LogP contribution in [0.2, 0.25) is 5.02 Å². The molecular weight excluding hydrogens is 399 g/mol. The molecule has 1 aromatic heterocycles. The first-order chi connectivity index (χ1) is 11.5. The second-order valence-electron chi connectivity index (χ2n) is 5.59. The lowest BCUT2D eigenvalue weighted by atomic mass is 9.97. The van der Waals surface area contributed by atoms with Crippen LogP contribution in [0.15, 0.2) is 41.0 Å². The number of hydrogen-bond donors (Lipinski definition) is 0. The van der Waals surface area contributed by atoms with Crippen molar-refractivity contribution >= 4 is 39.3 Å². The summed E-state index contributed by atoms with van der Waals surface area (Å²) < 4.78 is 19.6. The van der Waals surface area contributed by atoms with Crippen molar-refractivity contribution in [1.29, 1.82) is 0 Å². The minimum atomic E-state index is -0.555. The van der Waals surface area contributed by atoms with Gasteiger partial charge in [0, 0.05) is 23.8 Å². The Labute approximate surface area is 152 Å². The van der Waals surface area contributed by atoms with E-state index in [0.717, 1.165) is 5.82 Å². The number of nitrogens with zero attached hydrogens (tertiary/aromatic N) is 2. The van der Waals surface area contributed by atoms with E-state index in [1.165, 1.54) is 12.1 Å². The van der Waals surface area contributed by atoms with Gasteiger partial charge in [0.2, 0.25) is 0 Å². The van der Waals surface area contributed by atoms with Crippen LogP contribution in [-0.2, 0) is 4.79 Å². The standard InChI is InChI=1S/C17H15BrClFN2O2/c18-12-1-3-15(14(20)9-12)24-17(23)11-5-7-22(8-6-11)16-4-2-13(19)10-21-16/h1-4,9-11H,5-8H2. The Hall–Kier alpha value is -1.66. The van der Waals surface area contributed by atoms with Crippen LogP contribution in [0.5, 0.6) is 5.75 Å². The molecule has 24 heavy (non-hydrogen) atoms. The van der Waals surface area contributed by atoms with Gasteiger partial charge in [-0.05, 0) is 43.2 Å². The molecule has 0 bridgehead atoms. The molecule has 1 fully saturated rings. The van der Waals surface area contributed by atoms with Gasteiger partial charge in [-0.2, -0.15) is 0 Å². The highest BCUT2D eigenvalue weighted by molar-refractivity contribution is 9.10. The number of halogens is 3. The van der Waals surface area contributed by atoms with Crippen LogP contribution in [0.25, 0.3) is 0 Å². The summed E-state index contributed by atoms with van der Waals surface area (Å²) in [5, 5.41) is 0.591. The lowest BCUT2D eigenvalue weighted by molar-refractivity contribution is -0.139. The molecule has 7 heteroatoms. The van der Waals surface area contributed by atoms with E-state index in [2.05, 4.69) is 25.8 Å². The number of carbonyl (C=O) groups excluding carboxylic acids is 1. The molecule has 0 spiro atoms. The lowest BCUT2D eigenvalue weighted by Gasteiger charge is -2.31. The average Bonchev–Trinajstić information content (AvgIpc) is 2.58. The number of piperidine rings is 1. The smallest absolute Gasteiger partial charge is 0.314 e. The fourth-order valence-electron chi connectivity index (χ4n) is 2.65. The molecule has 0 N–H and O–H groups in total. The number of carbonyl (C=O) groups is 1. The zero-order chi connectivity index (χ0) is 17.1. The van der Waals surface area contributed by atoms with Crippen LogP contribution < -0.4 is 9.64 Å². The fraction of sp³-hybridized carbons (Fsp3) is 0.294. The van der Waals surface area contributed by atoms with E-state index < -0.39 is 5.82 Å². The van der Waals surface area contributed by atoms with Gasteiger partial charge in [0.1, 0.15) is 5.82 Å². The van der Waals surface area contributed by atoms with Crippen molar-refractivity contribution in [2.45, 2.75) is 12.8 Å². The summed E-state index contributed by atoms with van der Waals surface area (Å²) in [6.07, 6.45) is 2.89.